The molecule has 2 aromatic rings. The number of benzene rings is 1. The third-order valence-corrected chi connectivity index (χ3v) is 5.04. The van der Waals surface area contributed by atoms with Crippen molar-refractivity contribution in [2.75, 3.05) is 6.54 Å². The van der Waals surface area contributed by atoms with E-state index in [4.69, 9.17) is 6.42 Å². The van der Waals surface area contributed by atoms with Crippen LogP contribution in [0.2, 0.25) is 0 Å². The smallest absolute Gasteiger partial charge is 0.238 e. The number of aliphatic hydroxyl groups excluding tert-OH is 1. The number of carbonyl (C=O) groups is 3. The van der Waals surface area contributed by atoms with Crippen molar-refractivity contribution < 1.29 is 19.5 Å². The van der Waals surface area contributed by atoms with Crippen molar-refractivity contribution in [3.8, 4) is 12.3 Å². The van der Waals surface area contributed by atoms with Crippen molar-refractivity contribution >= 4 is 29.0 Å². The second-order valence-corrected chi connectivity index (χ2v) is 7.11. The zero-order valence-electron chi connectivity index (χ0n) is 15.9. The van der Waals surface area contributed by atoms with Gasteiger partial charge in [0.15, 0.2) is 0 Å². The number of aliphatic hydroxyl groups is 1. The van der Waals surface area contributed by atoms with Crippen molar-refractivity contribution in [1.82, 2.24) is 20.9 Å². The van der Waals surface area contributed by atoms with Gasteiger partial charge >= 0.3 is 0 Å². The van der Waals surface area contributed by atoms with Crippen molar-refractivity contribution in [3.05, 3.63) is 36.0 Å². The highest BCUT2D eigenvalue weighted by Crippen LogP contribution is 2.19. The standard InChI is InChI=1S/C21H24N4O4/c1-2-5-17(20(28)23-15(12-26)10-14-8-9-22-19(14)27)25-21(29)18-11-13-6-3-4-7-16(13)24-18/h1,3-4,6-7,11-12,14-15,17,21,24-25,29H,5,8-10H2,(H,22,27)(H,23,28)/t14-,15-,17-,21?/m0/s1. The molecule has 29 heavy (non-hydrogen) atoms. The molecule has 1 aliphatic rings. The Morgan fingerprint density at radius 3 is 2.86 bits per heavy atom. The first-order chi connectivity index (χ1) is 14.0. The van der Waals surface area contributed by atoms with Gasteiger partial charge in [0.2, 0.25) is 11.8 Å². The number of rotatable bonds is 9. The quantitative estimate of drug-likeness (QED) is 0.238. The summed E-state index contributed by atoms with van der Waals surface area (Å²) in [6.45, 7) is 0.570. The molecule has 0 bridgehead atoms. The van der Waals surface area contributed by atoms with Crippen molar-refractivity contribution in [1.29, 1.82) is 0 Å². The fourth-order valence-corrected chi connectivity index (χ4v) is 3.48. The number of terminal acetylenes is 1. The van der Waals surface area contributed by atoms with Gasteiger partial charge in [0.05, 0.1) is 17.8 Å². The number of fused-ring (bicyclic) bond motifs is 1. The highest BCUT2D eigenvalue weighted by molar-refractivity contribution is 5.86. The summed E-state index contributed by atoms with van der Waals surface area (Å²) in [6, 6.07) is 7.63. The van der Waals surface area contributed by atoms with E-state index in [1.807, 2.05) is 24.3 Å². The summed E-state index contributed by atoms with van der Waals surface area (Å²) in [6.07, 6.45) is 5.73. The second-order valence-electron chi connectivity index (χ2n) is 7.11. The van der Waals surface area contributed by atoms with Crippen LogP contribution >= 0.6 is 0 Å². The molecule has 8 heteroatoms. The van der Waals surface area contributed by atoms with E-state index in [0.29, 0.717) is 24.9 Å². The minimum Gasteiger partial charge on any atom is -0.373 e. The Kier molecular flexibility index (Phi) is 6.65. The summed E-state index contributed by atoms with van der Waals surface area (Å²) < 4.78 is 0. The van der Waals surface area contributed by atoms with Crippen LogP contribution in [0.5, 0.6) is 0 Å². The van der Waals surface area contributed by atoms with Gasteiger partial charge in [-0.25, -0.2) is 0 Å². The van der Waals surface area contributed by atoms with Crippen LogP contribution < -0.4 is 16.0 Å². The maximum atomic E-state index is 12.6. The zero-order valence-corrected chi connectivity index (χ0v) is 15.9. The first-order valence-corrected chi connectivity index (χ1v) is 9.50. The number of amides is 2. The van der Waals surface area contributed by atoms with Crippen LogP contribution in [0.25, 0.3) is 10.9 Å². The normalized spacial score (nSPS) is 19.2. The molecule has 0 saturated carbocycles. The van der Waals surface area contributed by atoms with Crippen LogP contribution in [-0.4, -0.2) is 46.8 Å². The number of aromatic amines is 1. The number of hydrogen-bond acceptors (Lipinski definition) is 5. The predicted octanol–water partition coefficient (Wildman–Crippen LogP) is 0.350. The Bertz CT molecular complexity index is 899. The molecule has 1 aliphatic heterocycles. The van der Waals surface area contributed by atoms with Gasteiger partial charge in [-0.05, 0) is 30.4 Å². The van der Waals surface area contributed by atoms with Crippen LogP contribution in [0.15, 0.2) is 30.3 Å². The predicted molar refractivity (Wildman–Crippen MR) is 107 cm³/mol. The molecule has 8 nitrogen and oxygen atoms in total. The van der Waals surface area contributed by atoms with Gasteiger partial charge in [-0.1, -0.05) is 18.2 Å². The lowest BCUT2D eigenvalue weighted by Crippen LogP contribution is -2.49. The van der Waals surface area contributed by atoms with Gasteiger partial charge in [-0.3, -0.25) is 14.9 Å². The third-order valence-electron chi connectivity index (χ3n) is 5.04. The van der Waals surface area contributed by atoms with E-state index in [-0.39, 0.29) is 24.7 Å². The summed E-state index contributed by atoms with van der Waals surface area (Å²) in [5, 5.41) is 19.6. The SMILES string of the molecule is C#CC[C@H](NC(O)c1cc2ccccc2[nH]1)C(=O)N[C@H](C=O)C[C@@H]1CCNC1=O. The van der Waals surface area contributed by atoms with E-state index in [0.717, 1.165) is 10.9 Å². The molecule has 1 aromatic heterocycles. The minimum absolute atomic E-state index is 0.0264. The maximum Gasteiger partial charge on any atom is 0.238 e. The van der Waals surface area contributed by atoms with E-state index in [1.54, 1.807) is 6.07 Å². The number of aromatic nitrogens is 1. The van der Waals surface area contributed by atoms with Crippen molar-refractivity contribution in [2.45, 2.75) is 37.6 Å². The number of carbonyl (C=O) groups excluding carboxylic acids is 3. The summed E-state index contributed by atoms with van der Waals surface area (Å²) in [4.78, 5) is 38.8. The number of para-hydroxylation sites is 1. The number of H-pyrrole nitrogens is 1. The topological polar surface area (TPSA) is 123 Å². The summed E-state index contributed by atoms with van der Waals surface area (Å²) in [7, 11) is 0. The van der Waals surface area contributed by atoms with Gasteiger partial charge in [0.25, 0.3) is 0 Å². The minimum atomic E-state index is -1.15. The molecule has 1 unspecified atom stereocenters. The first kappa shape index (κ1) is 20.6. The number of aldehydes is 1. The molecule has 1 aromatic carbocycles. The Morgan fingerprint density at radius 2 is 2.21 bits per heavy atom. The maximum absolute atomic E-state index is 12.6. The number of hydrogen-bond donors (Lipinski definition) is 5. The van der Waals surface area contributed by atoms with Gasteiger partial charge < -0.3 is 25.5 Å². The van der Waals surface area contributed by atoms with Crippen LogP contribution in [0, 0.1) is 18.3 Å². The highest BCUT2D eigenvalue weighted by Gasteiger charge is 2.29. The Hall–Kier alpha value is -3.15. The summed E-state index contributed by atoms with van der Waals surface area (Å²) >= 11 is 0. The van der Waals surface area contributed by atoms with Gasteiger partial charge in [-0.2, -0.15) is 0 Å². The lowest BCUT2D eigenvalue weighted by molar-refractivity contribution is -0.128. The van der Waals surface area contributed by atoms with Crippen molar-refractivity contribution in [2.24, 2.45) is 5.92 Å². The Morgan fingerprint density at radius 1 is 1.41 bits per heavy atom. The molecule has 0 aliphatic carbocycles. The molecule has 152 valence electrons. The summed E-state index contributed by atoms with van der Waals surface area (Å²) in [5.41, 5.74) is 1.35. The zero-order chi connectivity index (χ0) is 20.8. The Labute approximate surface area is 168 Å². The fraction of sp³-hybridized carbons (Fsp3) is 0.381. The van der Waals surface area contributed by atoms with Gasteiger partial charge in [-0.15, -0.1) is 12.3 Å². The molecule has 2 amide bonds. The molecular weight excluding hydrogens is 372 g/mol. The first-order valence-electron chi connectivity index (χ1n) is 9.50. The largest absolute Gasteiger partial charge is 0.373 e. The molecular formula is C21H24N4O4. The van der Waals surface area contributed by atoms with E-state index in [1.165, 1.54) is 0 Å². The molecule has 2 heterocycles. The molecule has 0 radical (unpaired) electrons. The van der Waals surface area contributed by atoms with Crippen LogP contribution in [0.3, 0.4) is 0 Å². The molecule has 1 saturated heterocycles. The fourth-order valence-electron chi connectivity index (χ4n) is 3.48. The van der Waals surface area contributed by atoms with Crippen LogP contribution in [0.1, 0.15) is 31.2 Å². The second kappa shape index (κ2) is 9.37. The average molecular weight is 396 g/mol. The van der Waals surface area contributed by atoms with Gasteiger partial charge in [0.1, 0.15) is 12.5 Å². The van der Waals surface area contributed by atoms with Crippen LogP contribution in [0.4, 0.5) is 0 Å². The molecule has 1 fully saturated rings. The third kappa shape index (κ3) is 5.02. The molecule has 0 spiro atoms. The van der Waals surface area contributed by atoms with E-state index in [2.05, 4.69) is 26.9 Å². The molecule has 5 N–H and O–H groups in total. The lowest BCUT2D eigenvalue weighted by atomic mass is 9.99. The molecule has 4 atom stereocenters. The van der Waals surface area contributed by atoms with E-state index < -0.39 is 24.2 Å². The molecule has 3 rings (SSSR count). The van der Waals surface area contributed by atoms with Crippen molar-refractivity contribution in [3.63, 3.8) is 0 Å². The number of nitrogens with one attached hydrogen (secondary N) is 4. The van der Waals surface area contributed by atoms with E-state index in [9.17, 15) is 19.5 Å². The van der Waals surface area contributed by atoms with Gasteiger partial charge in [0, 0.05) is 24.4 Å². The summed E-state index contributed by atoms with van der Waals surface area (Å²) in [5.74, 6) is 1.48. The highest BCUT2D eigenvalue weighted by atomic mass is 16.3. The van der Waals surface area contributed by atoms with Crippen LogP contribution in [-0.2, 0) is 14.4 Å². The van der Waals surface area contributed by atoms with E-state index >= 15 is 0 Å². The lowest BCUT2D eigenvalue weighted by Gasteiger charge is -2.22. The Balaban J connectivity index is 1.64. The monoisotopic (exact) mass is 396 g/mol. The average Bonchev–Trinajstić information content (AvgIpc) is 3.33.